The zero-order valence-corrected chi connectivity index (χ0v) is 13.1. The molecule has 5 nitrogen and oxygen atoms in total. The minimum absolute atomic E-state index is 0.151. The lowest BCUT2D eigenvalue weighted by Crippen LogP contribution is -2.40. The van der Waals surface area contributed by atoms with Gasteiger partial charge in [-0.1, -0.05) is 12.2 Å². The lowest BCUT2D eigenvalue weighted by atomic mass is 9.63. The monoisotopic (exact) mass is 360 g/mol. The highest BCUT2D eigenvalue weighted by Crippen LogP contribution is 2.65. The van der Waals surface area contributed by atoms with Crippen molar-refractivity contribution in [2.45, 2.75) is 6.42 Å². The van der Waals surface area contributed by atoms with E-state index >= 15 is 0 Å². The Morgan fingerprint density at radius 1 is 1.14 bits per heavy atom. The Labute approximate surface area is 135 Å². The summed E-state index contributed by atoms with van der Waals surface area (Å²) < 4.78 is 5.90. The van der Waals surface area contributed by atoms with E-state index in [1.807, 2.05) is 0 Å². The van der Waals surface area contributed by atoms with Crippen LogP contribution in [0.2, 0.25) is 0 Å². The van der Waals surface area contributed by atoms with Crippen molar-refractivity contribution in [2.24, 2.45) is 40.6 Å². The zero-order chi connectivity index (χ0) is 15.0. The number of amides is 2. The third-order valence-electron chi connectivity index (χ3n) is 5.53. The van der Waals surface area contributed by atoms with Crippen LogP contribution in [0.1, 0.15) is 12.2 Å². The van der Waals surface area contributed by atoms with Gasteiger partial charge in [-0.15, -0.1) is 0 Å². The molecule has 0 N–H and O–H groups in total. The first-order valence-corrected chi connectivity index (χ1v) is 8.30. The van der Waals surface area contributed by atoms with Crippen molar-refractivity contribution in [2.75, 3.05) is 0 Å². The third kappa shape index (κ3) is 1.56. The number of nitrogens with zero attached hydrogens (tertiary/aromatic N) is 2. The van der Waals surface area contributed by atoms with E-state index in [1.54, 1.807) is 12.1 Å². The van der Waals surface area contributed by atoms with Crippen LogP contribution in [-0.2, 0) is 9.59 Å². The summed E-state index contributed by atoms with van der Waals surface area (Å²) in [5.41, 5.74) is 0. The summed E-state index contributed by atoms with van der Waals surface area (Å²) in [4.78, 5) is 25.3. The fraction of sp³-hybridized carbons (Fsp3) is 0.438. The molecule has 6 heteroatoms. The molecule has 6 atom stereocenters. The number of hydrazone groups is 1. The second-order valence-electron chi connectivity index (χ2n) is 6.53. The molecule has 22 heavy (non-hydrogen) atoms. The molecular weight excluding hydrogens is 348 g/mol. The maximum Gasteiger partial charge on any atom is 0.254 e. The molecule has 3 fully saturated rings. The SMILES string of the molecule is O=C1[C@@H]2[C@H]3C=C[C@@H]([C@@H]4C[C@@H]34)[C@H]2C(=O)N1N=Cc1ccc(Br)o1. The zero-order valence-electron chi connectivity index (χ0n) is 11.6. The van der Waals surface area contributed by atoms with Crippen LogP contribution >= 0.6 is 15.9 Å². The summed E-state index contributed by atoms with van der Waals surface area (Å²) in [6.07, 6.45) is 6.90. The van der Waals surface area contributed by atoms with Crippen molar-refractivity contribution in [3.05, 3.63) is 34.7 Å². The first-order valence-electron chi connectivity index (χ1n) is 7.50. The number of furan rings is 1. The Morgan fingerprint density at radius 3 is 2.32 bits per heavy atom. The van der Waals surface area contributed by atoms with Gasteiger partial charge in [0.1, 0.15) is 5.76 Å². The number of carbonyl (C=O) groups excluding carboxylic acids is 2. The number of imide groups is 1. The minimum atomic E-state index is -0.202. The first kappa shape index (κ1) is 12.8. The number of halogens is 1. The summed E-state index contributed by atoms with van der Waals surface area (Å²) in [5.74, 6) is 1.48. The molecule has 1 aromatic rings. The number of allylic oxidation sites excluding steroid dienone is 2. The van der Waals surface area contributed by atoms with Crippen molar-refractivity contribution in [3.63, 3.8) is 0 Å². The van der Waals surface area contributed by atoms with Gasteiger partial charge in [-0.2, -0.15) is 10.1 Å². The second kappa shape index (κ2) is 4.19. The average molecular weight is 361 g/mol. The van der Waals surface area contributed by atoms with Crippen LogP contribution < -0.4 is 0 Å². The minimum Gasteiger partial charge on any atom is -0.448 e. The predicted octanol–water partition coefficient (Wildman–Crippen LogP) is 2.43. The highest BCUT2D eigenvalue weighted by molar-refractivity contribution is 9.10. The summed E-state index contributed by atoms with van der Waals surface area (Å²) in [7, 11) is 0. The van der Waals surface area contributed by atoms with Gasteiger partial charge >= 0.3 is 0 Å². The number of hydrogen-bond donors (Lipinski definition) is 0. The summed E-state index contributed by atoms with van der Waals surface area (Å²) in [5, 5.41) is 5.16. The first-order chi connectivity index (χ1) is 10.6. The van der Waals surface area contributed by atoms with E-state index in [2.05, 4.69) is 33.2 Å². The molecule has 2 heterocycles. The van der Waals surface area contributed by atoms with Crippen LogP contribution in [0.3, 0.4) is 0 Å². The Bertz CT molecular complexity index is 716. The summed E-state index contributed by atoms with van der Waals surface area (Å²) >= 11 is 3.21. The molecule has 2 saturated carbocycles. The molecule has 1 aliphatic heterocycles. The van der Waals surface area contributed by atoms with Gasteiger partial charge in [0.15, 0.2) is 4.67 Å². The van der Waals surface area contributed by atoms with E-state index in [-0.39, 0.29) is 35.5 Å². The topological polar surface area (TPSA) is 62.9 Å². The largest absolute Gasteiger partial charge is 0.448 e. The van der Waals surface area contributed by atoms with Gasteiger partial charge in [0.05, 0.1) is 18.1 Å². The highest BCUT2D eigenvalue weighted by atomic mass is 79.9. The van der Waals surface area contributed by atoms with Crippen LogP contribution in [0.4, 0.5) is 0 Å². The standard InChI is InChI=1S/C16H13BrN2O3/c17-12-4-1-7(22-12)6-18-19-15(20)13-8-2-3-9(11-5-10(8)11)14(13)16(19)21/h1-4,6,8-11,13-14H,5H2/t8-,9-,10-,11-,13+,14+/m0/s1. The molecule has 0 radical (unpaired) electrons. The molecular formula is C16H13BrN2O3. The predicted molar refractivity (Wildman–Crippen MR) is 80.6 cm³/mol. The molecule has 0 unspecified atom stereocenters. The van der Waals surface area contributed by atoms with Gasteiger partial charge in [-0.05, 0) is 58.2 Å². The average Bonchev–Trinajstić information content (AvgIpc) is 3.19. The molecule has 2 bridgehead atoms. The van der Waals surface area contributed by atoms with E-state index in [9.17, 15) is 9.59 Å². The van der Waals surface area contributed by atoms with E-state index in [0.29, 0.717) is 22.3 Å². The quantitative estimate of drug-likeness (QED) is 0.462. The molecule has 5 aliphatic rings. The van der Waals surface area contributed by atoms with Crippen LogP contribution in [-0.4, -0.2) is 23.0 Å². The normalized spacial score (nSPS) is 41.4. The van der Waals surface area contributed by atoms with Gasteiger partial charge in [-0.3, -0.25) is 9.59 Å². The molecule has 2 amide bonds. The fourth-order valence-corrected chi connectivity index (χ4v) is 4.89. The van der Waals surface area contributed by atoms with Gasteiger partial charge in [0.2, 0.25) is 0 Å². The molecule has 1 aromatic heterocycles. The second-order valence-corrected chi connectivity index (χ2v) is 7.31. The van der Waals surface area contributed by atoms with E-state index < -0.39 is 0 Å². The Balaban J connectivity index is 1.46. The van der Waals surface area contributed by atoms with Gasteiger partial charge in [0, 0.05) is 0 Å². The molecule has 112 valence electrons. The van der Waals surface area contributed by atoms with Gasteiger partial charge in [0.25, 0.3) is 11.8 Å². The maximum absolute atomic E-state index is 12.6. The molecule has 4 aliphatic carbocycles. The number of hydrogen-bond acceptors (Lipinski definition) is 4. The van der Waals surface area contributed by atoms with Crippen LogP contribution in [0.15, 0.2) is 38.5 Å². The lowest BCUT2D eigenvalue weighted by Gasteiger charge is -2.37. The van der Waals surface area contributed by atoms with Gasteiger partial charge in [-0.25, -0.2) is 0 Å². The van der Waals surface area contributed by atoms with E-state index in [1.165, 1.54) is 12.6 Å². The van der Waals surface area contributed by atoms with Crippen molar-refractivity contribution in [1.82, 2.24) is 5.01 Å². The van der Waals surface area contributed by atoms with Gasteiger partial charge < -0.3 is 4.42 Å². The van der Waals surface area contributed by atoms with Crippen molar-refractivity contribution < 1.29 is 14.0 Å². The molecule has 6 rings (SSSR count). The lowest BCUT2D eigenvalue weighted by molar-refractivity contribution is -0.140. The third-order valence-corrected chi connectivity index (χ3v) is 5.96. The Kier molecular flexibility index (Phi) is 2.44. The van der Waals surface area contributed by atoms with E-state index in [0.717, 1.165) is 5.01 Å². The maximum atomic E-state index is 12.6. The van der Waals surface area contributed by atoms with Crippen molar-refractivity contribution in [1.29, 1.82) is 0 Å². The van der Waals surface area contributed by atoms with Crippen molar-refractivity contribution >= 4 is 34.0 Å². The number of rotatable bonds is 2. The molecule has 0 spiro atoms. The van der Waals surface area contributed by atoms with Crippen LogP contribution in [0, 0.1) is 35.5 Å². The molecule has 1 saturated heterocycles. The summed E-state index contributed by atoms with van der Waals surface area (Å²) in [6, 6.07) is 3.47. The van der Waals surface area contributed by atoms with Crippen LogP contribution in [0.25, 0.3) is 0 Å². The Hall–Kier alpha value is -1.69. The summed E-state index contributed by atoms with van der Waals surface area (Å²) in [6.45, 7) is 0. The Morgan fingerprint density at radius 2 is 1.77 bits per heavy atom. The van der Waals surface area contributed by atoms with Crippen molar-refractivity contribution in [3.8, 4) is 0 Å². The van der Waals surface area contributed by atoms with E-state index in [4.69, 9.17) is 4.42 Å². The van der Waals surface area contributed by atoms with Crippen LogP contribution in [0.5, 0.6) is 0 Å². The fourth-order valence-electron chi connectivity index (χ4n) is 4.57. The smallest absolute Gasteiger partial charge is 0.254 e. The highest BCUT2D eigenvalue weighted by Gasteiger charge is 2.67. The number of carbonyl (C=O) groups is 2. The molecule has 0 aromatic carbocycles.